The molecule has 0 aliphatic heterocycles. The van der Waals surface area contributed by atoms with Gasteiger partial charge in [-0.2, -0.15) is 13.2 Å². The molecule has 0 saturated carbocycles. The summed E-state index contributed by atoms with van der Waals surface area (Å²) in [5.74, 6) is 0.0516. The Morgan fingerprint density at radius 1 is 1.17 bits per heavy atom. The van der Waals surface area contributed by atoms with E-state index in [1.165, 1.54) is 19.2 Å². The normalized spacial score (nSPS) is 12.1. The third-order valence-electron chi connectivity index (χ3n) is 2.94. The van der Waals surface area contributed by atoms with Crippen molar-refractivity contribution < 1.29 is 26.3 Å². The summed E-state index contributed by atoms with van der Waals surface area (Å²) < 4.78 is 71.0. The highest BCUT2D eigenvalue weighted by Crippen LogP contribution is 2.37. The molecule has 10 heteroatoms. The van der Waals surface area contributed by atoms with E-state index in [-0.39, 0.29) is 16.3 Å². The Hall–Kier alpha value is -1.45. The Morgan fingerprint density at radius 2 is 1.83 bits per heavy atom. The molecule has 0 saturated heterocycles. The van der Waals surface area contributed by atoms with Crippen LogP contribution in [0.3, 0.4) is 0 Å². The topological polar surface area (TPSA) is 55.4 Å². The molecule has 0 unspecified atom stereocenters. The SMILES string of the molecule is COc1ccc(Br)cc1S(=O)(=O)Nc1ccc(Cl)c(C(F)(F)F)c1. The minimum Gasteiger partial charge on any atom is -0.495 e. The van der Waals surface area contributed by atoms with Crippen LogP contribution in [0.1, 0.15) is 5.56 Å². The zero-order valence-corrected chi connectivity index (χ0v) is 15.1. The van der Waals surface area contributed by atoms with Gasteiger partial charge in [0.05, 0.1) is 17.7 Å². The van der Waals surface area contributed by atoms with Crippen LogP contribution in [0, 0.1) is 0 Å². The maximum Gasteiger partial charge on any atom is 0.417 e. The lowest BCUT2D eigenvalue weighted by molar-refractivity contribution is -0.137. The second kappa shape index (κ2) is 6.81. The Labute approximate surface area is 149 Å². The summed E-state index contributed by atoms with van der Waals surface area (Å²) in [6, 6.07) is 7.01. The van der Waals surface area contributed by atoms with Gasteiger partial charge in [-0.1, -0.05) is 27.5 Å². The summed E-state index contributed by atoms with van der Waals surface area (Å²) in [6.45, 7) is 0. The van der Waals surface area contributed by atoms with Gasteiger partial charge in [0.2, 0.25) is 0 Å². The van der Waals surface area contributed by atoms with Crippen molar-refractivity contribution in [1.29, 1.82) is 0 Å². The van der Waals surface area contributed by atoms with Gasteiger partial charge in [0.1, 0.15) is 10.6 Å². The van der Waals surface area contributed by atoms with Crippen molar-refractivity contribution in [3.8, 4) is 5.75 Å². The summed E-state index contributed by atoms with van der Waals surface area (Å²) >= 11 is 8.65. The van der Waals surface area contributed by atoms with Crippen molar-refractivity contribution in [3.63, 3.8) is 0 Å². The molecule has 0 aliphatic carbocycles. The second-order valence-electron chi connectivity index (χ2n) is 4.59. The number of nitrogens with one attached hydrogen (secondary N) is 1. The standard InChI is InChI=1S/C14H10BrClF3NO3S/c1-23-12-5-2-8(15)6-13(12)24(21,22)20-9-3-4-11(16)10(7-9)14(17,18)19/h2-7,20H,1H3. The highest BCUT2D eigenvalue weighted by atomic mass is 79.9. The Kier molecular flexibility index (Phi) is 5.36. The van der Waals surface area contributed by atoms with E-state index in [0.717, 1.165) is 12.1 Å². The molecule has 24 heavy (non-hydrogen) atoms. The van der Waals surface area contributed by atoms with Crippen LogP contribution in [0.25, 0.3) is 0 Å². The first-order valence-corrected chi connectivity index (χ1v) is 8.93. The fraction of sp³-hybridized carbons (Fsp3) is 0.143. The van der Waals surface area contributed by atoms with Crippen LogP contribution in [0.15, 0.2) is 45.8 Å². The smallest absolute Gasteiger partial charge is 0.417 e. The number of methoxy groups -OCH3 is 1. The summed E-state index contributed by atoms with van der Waals surface area (Å²) in [5, 5.41) is -0.523. The number of halogens is 5. The summed E-state index contributed by atoms with van der Waals surface area (Å²) in [6.07, 6.45) is -4.70. The van der Waals surface area contributed by atoms with Gasteiger partial charge in [0.25, 0.3) is 10.0 Å². The van der Waals surface area contributed by atoms with Gasteiger partial charge in [0.15, 0.2) is 0 Å². The van der Waals surface area contributed by atoms with Crippen LogP contribution in [0.2, 0.25) is 5.02 Å². The van der Waals surface area contributed by atoms with Gasteiger partial charge in [-0.15, -0.1) is 0 Å². The molecule has 1 N–H and O–H groups in total. The van der Waals surface area contributed by atoms with Crippen LogP contribution in [-0.4, -0.2) is 15.5 Å². The number of anilines is 1. The zero-order chi connectivity index (χ0) is 18.1. The van der Waals surface area contributed by atoms with E-state index in [0.29, 0.717) is 10.5 Å². The number of sulfonamides is 1. The number of rotatable bonds is 4. The molecule has 0 aromatic heterocycles. The van der Waals surface area contributed by atoms with E-state index in [2.05, 4.69) is 20.7 Å². The minimum atomic E-state index is -4.70. The minimum absolute atomic E-state index is 0.0516. The average molecular weight is 445 g/mol. The fourth-order valence-electron chi connectivity index (χ4n) is 1.88. The molecule has 0 fully saturated rings. The number of alkyl halides is 3. The van der Waals surface area contributed by atoms with Gasteiger partial charge in [-0.3, -0.25) is 4.72 Å². The second-order valence-corrected chi connectivity index (χ2v) is 7.57. The predicted octanol–water partition coefficient (Wildman–Crippen LogP) is 4.93. The molecule has 0 spiro atoms. The highest BCUT2D eigenvalue weighted by molar-refractivity contribution is 9.10. The third kappa shape index (κ3) is 4.14. The van der Waals surface area contributed by atoms with E-state index in [9.17, 15) is 21.6 Å². The number of benzene rings is 2. The van der Waals surface area contributed by atoms with Crippen molar-refractivity contribution in [2.24, 2.45) is 0 Å². The first kappa shape index (κ1) is 18.9. The first-order chi connectivity index (χ1) is 11.0. The fourth-order valence-corrected chi connectivity index (χ4v) is 3.86. The molecular formula is C14H10BrClF3NO3S. The molecule has 130 valence electrons. The largest absolute Gasteiger partial charge is 0.495 e. The lowest BCUT2D eigenvalue weighted by Crippen LogP contribution is -2.15. The quantitative estimate of drug-likeness (QED) is 0.727. The van der Waals surface area contributed by atoms with Crippen LogP contribution in [0.5, 0.6) is 5.75 Å². The van der Waals surface area contributed by atoms with E-state index in [1.54, 1.807) is 6.07 Å². The van der Waals surface area contributed by atoms with Crippen molar-refractivity contribution in [3.05, 3.63) is 51.5 Å². The van der Waals surface area contributed by atoms with Crippen molar-refractivity contribution >= 4 is 43.2 Å². The molecule has 0 aliphatic rings. The van der Waals surface area contributed by atoms with Crippen LogP contribution in [0.4, 0.5) is 18.9 Å². The molecule has 4 nitrogen and oxygen atoms in total. The molecule has 2 aromatic carbocycles. The predicted molar refractivity (Wildman–Crippen MR) is 88.0 cm³/mol. The van der Waals surface area contributed by atoms with Gasteiger partial charge >= 0.3 is 6.18 Å². The zero-order valence-electron chi connectivity index (χ0n) is 12.0. The van der Waals surface area contributed by atoms with Gasteiger partial charge < -0.3 is 4.74 Å². The summed E-state index contributed by atoms with van der Waals surface area (Å²) in [7, 11) is -2.89. The Morgan fingerprint density at radius 3 is 2.42 bits per heavy atom. The van der Waals surface area contributed by atoms with E-state index < -0.39 is 26.8 Å². The van der Waals surface area contributed by atoms with Crippen LogP contribution in [-0.2, 0) is 16.2 Å². The van der Waals surface area contributed by atoms with E-state index >= 15 is 0 Å². The van der Waals surface area contributed by atoms with Crippen molar-refractivity contribution in [2.75, 3.05) is 11.8 Å². The van der Waals surface area contributed by atoms with Gasteiger partial charge in [0, 0.05) is 10.2 Å². The lowest BCUT2D eigenvalue weighted by atomic mass is 10.2. The molecule has 0 amide bonds. The molecule has 0 radical (unpaired) electrons. The van der Waals surface area contributed by atoms with Crippen LogP contribution < -0.4 is 9.46 Å². The molecule has 0 atom stereocenters. The van der Waals surface area contributed by atoms with E-state index in [4.69, 9.17) is 16.3 Å². The molecule has 2 rings (SSSR count). The first-order valence-electron chi connectivity index (χ1n) is 6.27. The van der Waals surface area contributed by atoms with Crippen molar-refractivity contribution in [2.45, 2.75) is 11.1 Å². The van der Waals surface area contributed by atoms with Gasteiger partial charge in [-0.25, -0.2) is 8.42 Å². The average Bonchev–Trinajstić information content (AvgIpc) is 2.48. The monoisotopic (exact) mass is 443 g/mol. The maximum absolute atomic E-state index is 12.9. The van der Waals surface area contributed by atoms with Gasteiger partial charge in [-0.05, 0) is 36.4 Å². The van der Waals surface area contributed by atoms with Crippen molar-refractivity contribution in [1.82, 2.24) is 0 Å². The highest BCUT2D eigenvalue weighted by Gasteiger charge is 2.33. The number of hydrogen-bond acceptors (Lipinski definition) is 3. The summed E-state index contributed by atoms with van der Waals surface area (Å²) in [5.41, 5.74) is -1.40. The van der Waals surface area contributed by atoms with Crippen LogP contribution >= 0.6 is 27.5 Å². The molecule has 2 aromatic rings. The molecular weight excluding hydrogens is 435 g/mol. The van der Waals surface area contributed by atoms with E-state index in [1.807, 2.05) is 0 Å². The summed E-state index contributed by atoms with van der Waals surface area (Å²) in [4.78, 5) is -0.220. The lowest BCUT2D eigenvalue weighted by Gasteiger charge is -2.14. The Bertz CT molecular complexity index is 872. The third-order valence-corrected chi connectivity index (χ3v) is 5.16. The number of hydrogen-bond donors (Lipinski definition) is 1. The molecule has 0 heterocycles. The Balaban J connectivity index is 2.46. The molecule has 0 bridgehead atoms. The number of ether oxygens (including phenoxy) is 1. The maximum atomic E-state index is 12.9.